The normalized spacial score (nSPS) is 17.0. The highest BCUT2D eigenvalue weighted by Crippen LogP contribution is 2.33. The van der Waals surface area contributed by atoms with Gasteiger partial charge in [-0.3, -0.25) is 4.79 Å². The summed E-state index contributed by atoms with van der Waals surface area (Å²) in [5, 5.41) is 3.46. The number of benzene rings is 1. The number of nitrogens with one attached hydrogen (secondary N) is 1. The number of nitrogens with zero attached hydrogens (tertiary/aromatic N) is 1. The minimum Gasteiger partial charge on any atom is -0.468 e. The molecule has 0 atom stereocenters. The molecule has 0 radical (unpaired) electrons. The van der Waals surface area contributed by atoms with Crippen molar-refractivity contribution < 1.29 is 9.53 Å². The fraction of sp³-hybridized carbons (Fsp3) is 0.462. The lowest BCUT2D eigenvalue weighted by atomic mass is 9.99. The Labute approximate surface area is 102 Å². The van der Waals surface area contributed by atoms with Gasteiger partial charge in [-0.25, -0.2) is 0 Å². The summed E-state index contributed by atoms with van der Waals surface area (Å²) in [5.74, 6) is -0.211. The van der Waals surface area contributed by atoms with Crippen LogP contribution in [0.2, 0.25) is 0 Å². The van der Waals surface area contributed by atoms with Crippen LogP contribution in [0.5, 0.6) is 0 Å². The minimum atomic E-state index is -0.211. The zero-order valence-electron chi connectivity index (χ0n) is 10.5. The molecule has 0 saturated heterocycles. The summed E-state index contributed by atoms with van der Waals surface area (Å²) in [6, 6.07) is 8.01. The first-order chi connectivity index (χ1) is 8.02. The molecule has 1 aliphatic heterocycles. The van der Waals surface area contributed by atoms with Crippen molar-refractivity contribution >= 4 is 17.3 Å². The lowest BCUT2D eigenvalue weighted by Gasteiger charge is -2.41. The van der Waals surface area contributed by atoms with Gasteiger partial charge in [0.1, 0.15) is 6.54 Å². The summed E-state index contributed by atoms with van der Waals surface area (Å²) < 4.78 is 4.74. The molecular weight excluding hydrogens is 216 g/mol. The fourth-order valence-electron chi connectivity index (χ4n) is 2.18. The Morgan fingerprint density at radius 2 is 2.18 bits per heavy atom. The van der Waals surface area contributed by atoms with E-state index in [0.29, 0.717) is 6.54 Å². The molecule has 0 fully saturated rings. The van der Waals surface area contributed by atoms with Gasteiger partial charge in [0.2, 0.25) is 0 Å². The molecule has 17 heavy (non-hydrogen) atoms. The third kappa shape index (κ3) is 2.52. The van der Waals surface area contributed by atoms with Crippen LogP contribution in [0.1, 0.15) is 13.8 Å². The second kappa shape index (κ2) is 4.28. The van der Waals surface area contributed by atoms with E-state index >= 15 is 0 Å². The Hall–Kier alpha value is -1.71. The topological polar surface area (TPSA) is 41.6 Å². The van der Waals surface area contributed by atoms with Crippen molar-refractivity contribution in [2.75, 3.05) is 30.4 Å². The van der Waals surface area contributed by atoms with E-state index in [4.69, 9.17) is 4.74 Å². The summed E-state index contributed by atoms with van der Waals surface area (Å²) in [4.78, 5) is 13.5. The van der Waals surface area contributed by atoms with Crippen molar-refractivity contribution in [1.29, 1.82) is 0 Å². The first-order valence-electron chi connectivity index (χ1n) is 5.71. The molecule has 92 valence electrons. The summed E-state index contributed by atoms with van der Waals surface area (Å²) in [5.41, 5.74) is 2.06. The molecule has 0 aliphatic carbocycles. The van der Waals surface area contributed by atoms with E-state index in [0.717, 1.165) is 17.9 Å². The average molecular weight is 234 g/mol. The summed E-state index contributed by atoms with van der Waals surface area (Å²) in [6.07, 6.45) is 0. The molecule has 0 aromatic heterocycles. The van der Waals surface area contributed by atoms with E-state index in [1.807, 2.05) is 24.3 Å². The van der Waals surface area contributed by atoms with Gasteiger partial charge in [0, 0.05) is 12.1 Å². The van der Waals surface area contributed by atoms with Crippen molar-refractivity contribution in [1.82, 2.24) is 0 Å². The van der Waals surface area contributed by atoms with Gasteiger partial charge < -0.3 is 15.0 Å². The molecule has 0 unspecified atom stereocenters. The van der Waals surface area contributed by atoms with Crippen LogP contribution in [-0.2, 0) is 9.53 Å². The zero-order chi connectivity index (χ0) is 12.5. The van der Waals surface area contributed by atoms with Crippen LogP contribution in [0.3, 0.4) is 0 Å². The van der Waals surface area contributed by atoms with E-state index in [-0.39, 0.29) is 11.5 Å². The van der Waals surface area contributed by atoms with Crippen LogP contribution in [0.4, 0.5) is 11.4 Å². The number of fused-ring (bicyclic) bond motifs is 1. The van der Waals surface area contributed by atoms with Gasteiger partial charge >= 0.3 is 5.97 Å². The number of hydrogen-bond acceptors (Lipinski definition) is 4. The Morgan fingerprint density at radius 3 is 2.88 bits per heavy atom. The van der Waals surface area contributed by atoms with E-state index in [1.54, 1.807) is 0 Å². The van der Waals surface area contributed by atoms with Crippen molar-refractivity contribution in [3.05, 3.63) is 24.3 Å². The van der Waals surface area contributed by atoms with Crippen LogP contribution >= 0.6 is 0 Å². The maximum absolute atomic E-state index is 11.4. The molecule has 1 aliphatic rings. The largest absolute Gasteiger partial charge is 0.468 e. The smallest absolute Gasteiger partial charge is 0.325 e. The molecule has 0 spiro atoms. The van der Waals surface area contributed by atoms with E-state index < -0.39 is 0 Å². The third-order valence-electron chi connectivity index (χ3n) is 2.85. The molecule has 4 heteroatoms. The second-order valence-electron chi connectivity index (χ2n) is 4.96. The highest BCUT2D eigenvalue weighted by Gasteiger charge is 2.30. The lowest BCUT2D eigenvalue weighted by molar-refractivity contribution is -0.138. The summed E-state index contributed by atoms with van der Waals surface area (Å²) in [6.45, 7) is 5.30. The number of carbonyl (C=O) groups is 1. The standard InChI is InChI=1S/C13H18N2O2/c1-13(2)9-15(8-12(16)17-3)11-7-5-4-6-10(11)14-13/h4-7,14H,8-9H2,1-3H3. The van der Waals surface area contributed by atoms with Crippen LogP contribution in [0.15, 0.2) is 24.3 Å². The van der Waals surface area contributed by atoms with Gasteiger partial charge in [0.15, 0.2) is 0 Å². The molecule has 1 heterocycles. The molecule has 1 aromatic carbocycles. The maximum Gasteiger partial charge on any atom is 0.325 e. The van der Waals surface area contributed by atoms with E-state index in [2.05, 4.69) is 24.1 Å². The van der Waals surface area contributed by atoms with Gasteiger partial charge in [-0.1, -0.05) is 12.1 Å². The highest BCUT2D eigenvalue weighted by atomic mass is 16.5. The molecule has 1 aromatic rings. The number of rotatable bonds is 2. The molecule has 0 saturated carbocycles. The Morgan fingerprint density at radius 1 is 1.47 bits per heavy atom. The number of anilines is 2. The number of carbonyl (C=O) groups excluding carboxylic acids is 1. The highest BCUT2D eigenvalue weighted by molar-refractivity contribution is 5.81. The Kier molecular flexibility index (Phi) is 2.96. The predicted molar refractivity (Wildman–Crippen MR) is 68.4 cm³/mol. The number of para-hydroxylation sites is 2. The number of hydrogen-bond donors (Lipinski definition) is 1. The first kappa shape index (κ1) is 11.8. The quantitative estimate of drug-likeness (QED) is 0.793. The number of esters is 1. The molecular formula is C13H18N2O2. The van der Waals surface area contributed by atoms with Crippen molar-refractivity contribution in [3.63, 3.8) is 0 Å². The van der Waals surface area contributed by atoms with Crippen molar-refractivity contribution in [3.8, 4) is 0 Å². The monoisotopic (exact) mass is 234 g/mol. The van der Waals surface area contributed by atoms with Gasteiger partial charge in [-0.15, -0.1) is 0 Å². The molecule has 2 rings (SSSR count). The fourth-order valence-corrected chi connectivity index (χ4v) is 2.18. The molecule has 1 N–H and O–H groups in total. The number of ether oxygens (including phenoxy) is 1. The SMILES string of the molecule is COC(=O)CN1CC(C)(C)Nc2ccccc21. The van der Waals surface area contributed by atoms with E-state index in [9.17, 15) is 4.79 Å². The van der Waals surface area contributed by atoms with Gasteiger partial charge in [0.25, 0.3) is 0 Å². The maximum atomic E-state index is 11.4. The summed E-state index contributed by atoms with van der Waals surface area (Å²) >= 11 is 0. The van der Waals surface area contributed by atoms with Gasteiger partial charge in [-0.2, -0.15) is 0 Å². The lowest BCUT2D eigenvalue weighted by Crippen LogP contribution is -2.50. The van der Waals surface area contributed by atoms with Crippen molar-refractivity contribution in [2.45, 2.75) is 19.4 Å². The van der Waals surface area contributed by atoms with Gasteiger partial charge in [0.05, 0.1) is 18.5 Å². The predicted octanol–water partition coefficient (Wildman–Crippen LogP) is 1.87. The minimum absolute atomic E-state index is 0.0532. The Balaban J connectivity index is 2.29. The van der Waals surface area contributed by atoms with E-state index in [1.165, 1.54) is 7.11 Å². The van der Waals surface area contributed by atoms with Crippen LogP contribution in [0.25, 0.3) is 0 Å². The zero-order valence-corrected chi connectivity index (χ0v) is 10.5. The second-order valence-corrected chi connectivity index (χ2v) is 4.96. The third-order valence-corrected chi connectivity index (χ3v) is 2.85. The van der Waals surface area contributed by atoms with Crippen LogP contribution in [0, 0.1) is 0 Å². The number of methoxy groups -OCH3 is 1. The van der Waals surface area contributed by atoms with Crippen molar-refractivity contribution in [2.24, 2.45) is 0 Å². The summed E-state index contributed by atoms with van der Waals surface area (Å²) in [7, 11) is 1.42. The first-order valence-corrected chi connectivity index (χ1v) is 5.71. The molecule has 4 nitrogen and oxygen atoms in total. The van der Waals surface area contributed by atoms with Gasteiger partial charge in [-0.05, 0) is 26.0 Å². The average Bonchev–Trinajstić information content (AvgIpc) is 2.27. The molecule has 0 bridgehead atoms. The molecule has 0 amide bonds. The van der Waals surface area contributed by atoms with Crippen LogP contribution in [-0.4, -0.2) is 31.7 Å². The Bertz CT molecular complexity index is 429. The van der Waals surface area contributed by atoms with Crippen LogP contribution < -0.4 is 10.2 Å².